The van der Waals surface area contributed by atoms with Crippen LogP contribution in [0.5, 0.6) is 0 Å². The molecule has 0 radical (unpaired) electrons. The van der Waals surface area contributed by atoms with Gasteiger partial charge in [-0.05, 0) is 29.1 Å². The topological polar surface area (TPSA) is 64.0 Å². The third-order valence-corrected chi connectivity index (χ3v) is 6.49. The van der Waals surface area contributed by atoms with Gasteiger partial charge in [0.2, 0.25) is 0 Å². The zero-order chi connectivity index (χ0) is 16.4. The number of halogens is 2. The number of hydrogen-bond acceptors (Lipinski definition) is 4. The molecule has 0 saturated carbocycles. The molecule has 9 heteroatoms. The fourth-order valence-electron chi connectivity index (χ4n) is 1.95. The third kappa shape index (κ3) is 3.87. The van der Waals surface area contributed by atoms with Gasteiger partial charge in [-0.25, -0.2) is 8.42 Å². The van der Waals surface area contributed by atoms with Crippen LogP contribution in [0, 0.1) is 0 Å². The zero-order valence-corrected chi connectivity index (χ0v) is 14.8. The molecule has 23 heavy (non-hydrogen) atoms. The van der Waals surface area contributed by atoms with Gasteiger partial charge in [0.15, 0.2) is 0 Å². The van der Waals surface area contributed by atoms with E-state index in [-0.39, 0.29) is 4.21 Å². The maximum Gasteiger partial charge on any atom is 0.271 e. The van der Waals surface area contributed by atoms with Gasteiger partial charge in [0.1, 0.15) is 4.21 Å². The van der Waals surface area contributed by atoms with Crippen molar-refractivity contribution < 1.29 is 8.42 Å². The van der Waals surface area contributed by atoms with Crippen LogP contribution >= 0.6 is 34.5 Å². The molecule has 0 bridgehead atoms. The predicted octanol–water partition coefficient (Wildman–Crippen LogP) is 4.10. The van der Waals surface area contributed by atoms with Crippen molar-refractivity contribution in [2.45, 2.75) is 10.8 Å². The average molecular weight is 388 g/mol. The number of aromatic nitrogens is 2. The summed E-state index contributed by atoms with van der Waals surface area (Å²) in [5.74, 6) is 0. The SMILES string of the molecule is O=S(=O)(Nc1cnn(Cc2ccc(Cl)c(Cl)c2)c1)c1cccs1. The Kier molecular flexibility index (Phi) is 4.63. The summed E-state index contributed by atoms with van der Waals surface area (Å²) in [6, 6.07) is 8.54. The minimum atomic E-state index is -3.57. The van der Waals surface area contributed by atoms with E-state index in [0.717, 1.165) is 16.9 Å². The molecule has 0 aliphatic heterocycles. The molecule has 2 aromatic heterocycles. The van der Waals surface area contributed by atoms with E-state index >= 15 is 0 Å². The second kappa shape index (κ2) is 6.52. The second-order valence-electron chi connectivity index (χ2n) is 4.71. The molecule has 0 atom stereocenters. The van der Waals surface area contributed by atoms with Crippen molar-refractivity contribution in [2.75, 3.05) is 4.72 Å². The molecule has 3 rings (SSSR count). The lowest BCUT2D eigenvalue weighted by molar-refractivity contribution is 0.603. The highest BCUT2D eigenvalue weighted by atomic mass is 35.5. The van der Waals surface area contributed by atoms with Crippen LogP contribution in [0.3, 0.4) is 0 Å². The van der Waals surface area contributed by atoms with Gasteiger partial charge >= 0.3 is 0 Å². The second-order valence-corrected chi connectivity index (χ2v) is 8.38. The standard InChI is InChI=1S/C14H11Cl2N3O2S2/c15-12-4-3-10(6-13(12)16)8-19-9-11(7-17-19)18-23(20,21)14-2-1-5-22-14/h1-7,9,18H,8H2. The summed E-state index contributed by atoms with van der Waals surface area (Å²) in [6.07, 6.45) is 3.08. The predicted molar refractivity (Wildman–Crippen MR) is 92.9 cm³/mol. The van der Waals surface area contributed by atoms with Crippen LogP contribution in [-0.4, -0.2) is 18.2 Å². The van der Waals surface area contributed by atoms with Gasteiger partial charge in [0, 0.05) is 6.20 Å². The molecule has 0 fully saturated rings. The van der Waals surface area contributed by atoms with Crippen LogP contribution < -0.4 is 4.72 Å². The number of nitrogens with one attached hydrogen (secondary N) is 1. The fourth-order valence-corrected chi connectivity index (χ4v) is 4.29. The molecule has 3 aromatic rings. The van der Waals surface area contributed by atoms with Gasteiger partial charge < -0.3 is 0 Å². The number of rotatable bonds is 5. The lowest BCUT2D eigenvalue weighted by Gasteiger charge is -2.04. The van der Waals surface area contributed by atoms with Gasteiger partial charge in [-0.1, -0.05) is 35.3 Å². The van der Waals surface area contributed by atoms with Crippen LogP contribution in [0.2, 0.25) is 10.0 Å². The summed E-state index contributed by atoms with van der Waals surface area (Å²) in [5.41, 5.74) is 1.31. The van der Waals surface area contributed by atoms with Crippen molar-refractivity contribution in [1.29, 1.82) is 0 Å². The fraction of sp³-hybridized carbons (Fsp3) is 0.0714. The highest BCUT2D eigenvalue weighted by Gasteiger charge is 2.16. The van der Waals surface area contributed by atoms with E-state index < -0.39 is 10.0 Å². The maximum atomic E-state index is 12.1. The maximum absolute atomic E-state index is 12.1. The molecule has 1 N–H and O–H groups in total. The highest BCUT2D eigenvalue weighted by molar-refractivity contribution is 7.94. The van der Waals surface area contributed by atoms with Crippen LogP contribution in [0.15, 0.2) is 52.3 Å². The Bertz CT molecular complexity index is 921. The molecule has 0 amide bonds. The van der Waals surface area contributed by atoms with Crippen molar-refractivity contribution in [1.82, 2.24) is 9.78 Å². The summed E-state index contributed by atoms with van der Waals surface area (Å²) in [6.45, 7) is 0.456. The van der Waals surface area contributed by atoms with E-state index in [1.807, 2.05) is 6.07 Å². The molecule has 120 valence electrons. The van der Waals surface area contributed by atoms with E-state index in [0.29, 0.717) is 22.3 Å². The Hall–Kier alpha value is -1.54. The highest BCUT2D eigenvalue weighted by Crippen LogP contribution is 2.23. The lowest BCUT2D eigenvalue weighted by Crippen LogP contribution is -2.10. The van der Waals surface area contributed by atoms with E-state index in [4.69, 9.17) is 23.2 Å². The number of anilines is 1. The molecule has 0 saturated heterocycles. The zero-order valence-electron chi connectivity index (χ0n) is 11.6. The molecule has 1 aromatic carbocycles. The smallest absolute Gasteiger partial charge is 0.271 e. The first kappa shape index (κ1) is 16.3. The van der Waals surface area contributed by atoms with Crippen LogP contribution in [0.25, 0.3) is 0 Å². The van der Waals surface area contributed by atoms with Gasteiger partial charge in [0.25, 0.3) is 10.0 Å². The average Bonchev–Trinajstić information content (AvgIpc) is 3.15. The normalized spacial score (nSPS) is 11.6. The minimum absolute atomic E-state index is 0.259. The molecular formula is C14H11Cl2N3O2S2. The first-order chi connectivity index (χ1) is 10.9. The summed E-state index contributed by atoms with van der Waals surface area (Å²) < 4.78 is 28.7. The number of thiophene rings is 1. The molecule has 0 aliphatic rings. The lowest BCUT2D eigenvalue weighted by atomic mass is 10.2. The van der Waals surface area contributed by atoms with Crippen LogP contribution in [0.4, 0.5) is 5.69 Å². The van der Waals surface area contributed by atoms with Crippen LogP contribution in [-0.2, 0) is 16.6 Å². The molecule has 0 unspecified atom stereocenters. The van der Waals surface area contributed by atoms with Gasteiger partial charge in [-0.3, -0.25) is 9.40 Å². The molecule has 2 heterocycles. The minimum Gasteiger partial charge on any atom is -0.276 e. The van der Waals surface area contributed by atoms with E-state index in [9.17, 15) is 8.42 Å². The third-order valence-electron chi connectivity index (χ3n) is 2.97. The number of hydrogen-bond donors (Lipinski definition) is 1. The Labute approximate surface area is 147 Å². The molecule has 5 nitrogen and oxygen atoms in total. The molecule has 0 aliphatic carbocycles. The Morgan fingerprint density at radius 2 is 2.04 bits per heavy atom. The monoisotopic (exact) mass is 387 g/mol. The van der Waals surface area contributed by atoms with E-state index in [2.05, 4.69) is 9.82 Å². The van der Waals surface area contributed by atoms with Crippen molar-refractivity contribution in [3.63, 3.8) is 0 Å². The number of benzene rings is 1. The first-order valence-corrected chi connectivity index (χ1v) is 9.59. The molecule has 0 spiro atoms. The Morgan fingerprint density at radius 1 is 1.22 bits per heavy atom. The molecular weight excluding hydrogens is 377 g/mol. The first-order valence-electron chi connectivity index (χ1n) is 6.47. The van der Waals surface area contributed by atoms with Crippen molar-refractivity contribution in [3.8, 4) is 0 Å². The summed E-state index contributed by atoms with van der Waals surface area (Å²) in [4.78, 5) is 0. The number of sulfonamides is 1. The summed E-state index contributed by atoms with van der Waals surface area (Å²) in [7, 11) is -3.57. The van der Waals surface area contributed by atoms with Gasteiger partial charge in [0.05, 0.1) is 28.5 Å². The summed E-state index contributed by atoms with van der Waals surface area (Å²) in [5, 5.41) is 6.81. The Balaban J connectivity index is 1.74. The van der Waals surface area contributed by atoms with Gasteiger partial charge in [-0.2, -0.15) is 5.10 Å². The number of nitrogens with zero attached hydrogens (tertiary/aromatic N) is 2. The summed E-state index contributed by atoms with van der Waals surface area (Å²) >= 11 is 13.0. The van der Waals surface area contributed by atoms with E-state index in [1.165, 1.54) is 6.20 Å². The van der Waals surface area contributed by atoms with Crippen LogP contribution in [0.1, 0.15) is 5.56 Å². The van der Waals surface area contributed by atoms with E-state index in [1.54, 1.807) is 40.5 Å². The van der Waals surface area contributed by atoms with Gasteiger partial charge in [-0.15, -0.1) is 11.3 Å². The quantitative estimate of drug-likeness (QED) is 0.716. The largest absolute Gasteiger partial charge is 0.276 e. The Morgan fingerprint density at radius 3 is 2.74 bits per heavy atom. The van der Waals surface area contributed by atoms with Crippen molar-refractivity contribution >= 4 is 50.2 Å². The van der Waals surface area contributed by atoms with Crippen molar-refractivity contribution in [3.05, 3.63) is 63.7 Å². The van der Waals surface area contributed by atoms with Crippen molar-refractivity contribution in [2.24, 2.45) is 0 Å².